The summed E-state index contributed by atoms with van der Waals surface area (Å²) in [5.41, 5.74) is 0.662. The Morgan fingerprint density at radius 3 is 2.80 bits per heavy atom. The lowest BCUT2D eigenvalue weighted by Gasteiger charge is -2.13. The van der Waals surface area contributed by atoms with Gasteiger partial charge in [0.15, 0.2) is 0 Å². The van der Waals surface area contributed by atoms with Crippen LogP contribution in [0.1, 0.15) is 43.5 Å². The zero-order valence-electron chi connectivity index (χ0n) is 12.2. The number of hydrogen-bond acceptors (Lipinski definition) is 3. The molecule has 1 aliphatic rings. The third kappa shape index (κ3) is 4.23. The average molecular weight is 277 g/mol. The second-order valence-electron chi connectivity index (χ2n) is 5.25. The molecule has 1 aromatic carbocycles. The minimum Gasteiger partial charge on any atom is -0.491 e. The SMILES string of the molecule is CC[C@H](C)NC(=O)c1ccc(OC[C@@H]2CCCO2)cc1. The van der Waals surface area contributed by atoms with Gasteiger partial charge in [-0.15, -0.1) is 0 Å². The predicted octanol–water partition coefficient (Wildman–Crippen LogP) is 2.77. The Labute approximate surface area is 120 Å². The molecule has 1 saturated heterocycles. The van der Waals surface area contributed by atoms with Crippen molar-refractivity contribution in [1.82, 2.24) is 5.32 Å². The highest BCUT2D eigenvalue weighted by Crippen LogP contribution is 2.16. The Kier molecular flexibility index (Phi) is 5.41. The van der Waals surface area contributed by atoms with E-state index in [1.807, 2.05) is 26.0 Å². The van der Waals surface area contributed by atoms with Gasteiger partial charge < -0.3 is 14.8 Å². The van der Waals surface area contributed by atoms with Crippen molar-refractivity contribution in [3.63, 3.8) is 0 Å². The van der Waals surface area contributed by atoms with Crippen LogP contribution in [0.25, 0.3) is 0 Å². The molecule has 1 heterocycles. The van der Waals surface area contributed by atoms with E-state index >= 15 is 0 Å². The summed E-state index contributed by atoms with van der Waals surface area (Å²) in [6, 6.07) is 7.45. The predicted molar refractivity (Wildman–Crippen MR) is 78.1 cm³/mol. The second kappa shape index (κ2) is 7.29. The fraction of sp³-hybridized carbons (Fsp3) is 0.562. The molecule has 20 heavy (non-hydrogen) atoms. The lowest BCUT2D eigenvalue weighted by Crippen LogP contribution is -2.31. The molecule has 0 unspecified atom stereocenters. The lowest BCUT2D eigenvalue weighted by molar-refractivity contribution is 0.0679. The number of hydrogen-bond donors (Lipinski definition) is 1. The molecule has 1 fully saturated rings. The summed E-state index contributed by atoms with van der Waals surface area (Å²) in [7, 11) is 0. The van der Waals surface area contributed by atoms with E-state index in [9.17, 15) is 4.79 Å². The smallest absolute Gasteiger partial charge is 0.251 e. The molecule has 0 aliphatic carbocycles. The third-order valence-electron chi connectivity index (χ3n) is 3.57. The molecular weight excluding hydrogens is 254 g/mol. The van der Waals surface area contributed by atoms with Gasteiger partial charge in [0.25, 0.3) is 5.91 Å². The largest absolute Gasteiger partial charge is 0.491 e. The average Bonchev–Trinajstić information content (AvgIpc) is 2.98. The standard InChI is InChI=1S/C16H23NO3/c1-3-12(2)17-16(18)13-6-8-14(9-7-13)20-11-15-5-4-10-19-15/h6-9,12,15H,3-5,10-11H2,1-2H3,(H,17,18)/t12-,15-/m0/s1. The minimum atomic E-state index is -0.0370. The molecule has 0 spiro atoms. The van der Waals surface area contributed by atoms with Crippen LogP contribution >= 0.6 is 0 Å². The van der Waals surface area contributed by atoms with E-state index in [-0.39, 0.29) is 18.1 Å². The number of carbonyl (C=O) groups is 1. The van der Waals surface area contributed by atoms with Gasteiger partial charge in [-0.2, -0.15) is 0 Å². The van der Waals surface area contributed by atoms with Crippen LogP contribution in [0.3, 0.4) is 0 Å². The van der Waals surface area contributed by atoms with Gasteiger partial charge in [-0.3, -0.25) is 4.79 Å². The monoisotopic (exact) mass is 277 g/mol. The molecule has 1 N–H and O–H groups in total. The molecule has 0 aromatic heterocycles. The van der Waals surface area contributed by atoms with Crippen LogP contribution in [0.5, 0.6) is 5.75 Å². The van der Waals surface area contributed by atoms with E-state index < -0.39 is 0 Å². The van der Waals surface area contributed by atoms with Crippen molar-refractivity contribution < 1.29 is 14.3 Å². The van der Waals surface area contributed by atoms with Crippen molar-refractivity contribution in [2.75, 3.05) is 13.2 Å². The third-order valence-corrected chi connectivity index (χ3v) is 3.57. The Morgan fingerprint density at radius 1 is 1.45 bits per heavy atom. The fourth-order valence-corrected chi connectivity index (χ4v) is 2.08. The van der Waals surface area contributed by atoms with Gasteiger partial charge in [0.05, 0.1) is 6.10 Å². The van der Waals surface area contributed by atoms with Crippen LogP contribution in [-0.4, -0.2) is 31.3 Å². The molecule has 0 radical (unpaired) electrons. The highest BCUT2D eigenvalue weighted by atomic mass is 16.5. The van der Waals surface area contributed by atoms with Crippen LogP contribution in [-0.2, 0) is 4.74 Å². The molecule has 2 atom stereocenters. The Balaban J connectivity index is 1.84. The van der Waals surface area contributed by atoms with Gasteiger partial charge in [-0.25, -0.2) is 0 Å². The first-order chi connectivity index (χ1) is 9.69. The minimum absolute atomic E-state index is 0.0370. The highest BCUT2D eigenvalue weighted by Gasteiger charge is 2.16. The van der Waals surface area contributed by atoms with Crippen LogP contribution in [0, 0.1) is 0 Å². The molecule has 0 saturated carbocycles. The van der Waals surface area contributed by atoms with Gasteiger partial charge in [0.1, 0.15) is 12.4 Å². The Hall–Kier alpha value is -1.55. The fourth-order valence-electron chi connectivity index (χ4n) is 2.08. The number of ether oxygens (including phenoxy) is 2. The first-order valence-corrected chi connectivity index (χ1v) is 7.34. The number of benzene rings is 1. The number of carbonyl (C=O) groups excluding carboxylic acids is 1. The highest BCUT2D eigenvalue weighted by molar-refractivity contribution is 5.94. The summed E-state index contributed by atoms with van der Waals surface area (Å²) >= 11 is 0. The maximum absolute atomic E-state index is 11.9. The molecule has 4 nitrogen and oxygen atoms in total. The Bertz CT molecular complexity index is 424. The van der Waals surface area contributed by atoms with Crippen molar-refractivity contribution in [1.29, 1.82) is 0 Å². The normalized spacial score (nSPS) is 19.6. The number of amides is 1. The van der Waals surface area contributed by atoms with Gasteiger partial charge in [-0.05, 0) is 50.5 Å². The topological polar surface area (TPSA) is 47.6 Å². The van der Waals surface area contributed by atoms with E-state index in [1.54, 1.807) is 12.1 Å². The van der Waals surface area contributed by atoms with E-state index in [2.05, 4.69) is 5.32 Å². The van der Waals surface area contributed by atoms with Gasteiger partial charge >= 0.3 is 0 Å². The molecule has 0 bridgehead atoms. The van der Waals surface area contributed by atoms with E-state index in [4.69, 9.17) is 9.47 Å². The van der Waals surface area contributed by atoms with Crippen LogP contribution in [0.2, 0.25) is 0 Å². The summed E-state index contributed by atoms with van der Waals surface area (Å²) in [4.78, 5) is 11.9. The molecule has 1 aliphatic heterocycles. The van der Waals surface area contributed by atoms with Crippen LogP contribution in [0.15, 0.2) is 24.3 Å². The van der Waals surface area contributed by atoms with Crippen molar-refractivity contribution in [3.05, 3.63) is 29.8 Å². The summed E-state index contributed by atoms with van der Waals surface area (Å²) in [6.45, 7) is 5.46. The Morgan fingerprint density at radius 2 is 2.20 bits per heavy atom. The molecule has 4 heteroatoms. The second-order valence-corrected chi connectivity index (χ2v) is 5.25. The van der Waals surface area contributed by atoms with Gasteiger partial charge in [0.2, 0.25) is 0 Å². The first-order valence-electron chi connectivity index (χ1n) is 7.34. The lowest BCUT2D eigenvalue weighted by atomic mass is 10.2. The van der Waals surface area contributed by atoms with Crippen molar-refractivity contribution >= 4 is 5.91 Å². The molecular formula is C16H23NO3. The zero-order chi connectivity index (χ0) is 14.4. The molecule has 2 rings (SSSR count). The quantitative estimate of drug-likeness (QED) is 0.869. The maximum Gasteiger partial charge on any atom is 0.251 e. The van der Waals surface area contributed by atoms with E-state index in [0.717, 1.165) is 31.6 Å². The summed E-state index contributed by atoms with van der Waals surface area (Å²) in [5, 5.41) is 2.94. The van der Waals surface area contributed by atoms with Crippen molar-refractivity contribution in [3.8, 4) is 5.75 Å². The van der Waals surface area contributed by atoms with Crippen LogP contribution < -0.4 is 10.1 Å². The first kappa shape index (κ1) is 14.9. The maximum atomic E-state index is 11.9. The van der Waals surface area contributed by atoms with Crippen LogP contribution in [0.4, 0.5) is 0 Å². The van der Waals surface area contributed by atoms with Gasteiger partial charge in [0, 0.05) is 18.2 Å². The summed E-state index contributed by atoms with van der Waals surface area (Å²) in [5.74, 6) is 0.741. The summed E-state index contributed by atoms with van der Waals surface area (Å²) < 4.78 is 11.2. The van der Waals surface area contributed by atoms with Gasteiger partial charge in [-0.1, -0.05) is 6.92 Å². The number of nitrogens with one attached hydrogen (secondary N) is 1. The molecule has 1 aromatic rings. The summed E-state index contributed by atoms with van der Waals surface area (Å²) in [6.07, 6.45) is 3.32. The zero-order valence-corrected chi connectivity index (χ0v) is 12.2. The van der Waals surface area contributed by atoms with Crippen molar-refractivity contribution in [2.45, 2.75) is 45.3 Å². The van der Waals surface area contributed by atoms with E-state index in [0.29, 0.717) is 12.2 Å². The molecule has 1 amide bonds. The van der Waals surface area contributed by atoms with Crippen molar-refractivity contribution in [2.24, 2.45) is 0 Å². The number of rotatable bonds is 6. The molecule has 110 valence electrons. The van der Waals surface area contributed by atoms with E-state index in [1.165, 1.54) is 0 Å².